The average Bonchev–Trinajstić information content (AvgIpc) is 2.06. The van der Waals surface area contributed by atoms with Crippen molar-refractivity contribution in [2.75, 3.05) is 7.11 Å². The van der Waals surface area contributed by atoms with Gasteiger partial charge in [0.05, 0.1) is 7.11 Å². The van der Waals surface area contributed by atoms with Gasteiger partial charge in [0.15, 0.2) is 11.5 Å². The first-order valence-electron chi connectivity index (χ1n) is 4.06. The van der Waals surface area contributed by atoms with Crippen LogP contribution in [0.15, 0.2) is 12.1 Å². The predicted molar refractivity (Wildman–Crippen MR) is 48.8 cm³/mol. The largest absolute Gasteiger partial charge is 0.504 e. The Hall–Kier alpha value is -1.18. The smallest absolute Gasteiger partial charge is 0.163 e. The van der Waals surface area contributed by atoms with Crippen molar-refractivity contribution in [2.24, 2.45) is 0 Å². The van der Waals surface area contributed by atoms with Crippen LogP contribution in [0.1, 0.15) is 18.1 Å². The second kappa shape index (κ2) is 3.48. The lowest BCUT2D eigenvalue weighted by Gasteiger charge is -2.10. The number of ether oxygens (including phenoxy) is 1. The van der Waals surface area contributed by atoms with Crippen LogP contribution in [0.4, 0.5) is 0 Å². The number of hydrogen-bond acceptors (Lipinski definition) is 2. The molecule has 0 spiro atoms. The Balaban J connectivity index is 3.24. The second-order valence-corrected chi connectivity index (χ2v) is 2.76. The van der Waals surface area contributed by atoms with Gasteiger partial charge in [-0.05, 0) is 30.5 Å². The third-order valence-electron chi connectivity index (χ3n) is 2.08. The summed E-state index contributed by atoms with van der Waals surface area (Å²) in [4.78, 5) is 0. The molecule has 2 heteroatoms. The Bertz CT molecular complexity index is 279. The van der Waals surface area contributed by atoms with Gasteiger partial charge in [-0.3, -0.25) is 0 Å². The lowest BCUT2D eigenvalue weighted by molar-refractivity contribution is 0.370. The van der Waals surface area contributed by atoms with Crippen molar-refractivity contribution in [3.8, 4) is 11.5 Å². The summed E-state index contributed by atoms with van der Waals surface area (Å²) in [5, 5.41) is 9.39. The van der Waals surface area contributed by atoms with Gasteiger partial charge in [0.25, 0.3) is 0 Å². The van der Waals surface area contributed by atoms with Crippen molar-refractivity contribution in [2.45, 2.75) is 20.3 Å². The molecule has 0 amide bonds. The summed E-state index contributed by atoms with van der Waals surface area (Å²) in [6.45, 7) is 4.04. The molecule has 12 heavy (non-hydrogen) atoms. The summed E-state index contributed by atoms with van der Waals surface area (Å²) < 4.78 is 5.07. The van der Waals surface area contributed by atoms with Gasteiger partial charge in [0.2, 0.25) is 0 Å². The molecule has 0 aliphatic heterocycles. The van der Waals surface area contributed by atoms with Crippen molar-refractivity contribution in [1.29, 1.82) is 0 Å². The molecule has 0 saturated carbocycles. The zero-order valence-corrected chi connectivity index (χ0v) is 7.72. The SMILES string of the molecule is CCc1ccc(O)c(OC)c1C. The van der Waals surface area contributed by atoms with Crippen LogP contribution in [-0.4, -0.2) is 12.2 Å². The zero-order valence-electron chi connectivity index (χ0n) is 7.72. The minimum Gasteiger partial charge on any atom is -0.504 e. The maximum Gasteiger partial charge on any atom is 0.163 e. The van der Waals surface area contributed by atoms with Crippen molar-refractivity contribution in [1.82, 2.24) is 0 Å². The van der Waals surface area contributed by atoms with Crippen LogP contribution in [0.2, 0.25) is 0 Å². The molecule has 0 saturated heterocycles. The van der Waals surface area contributed by atoms with Gasteiger partial charge in [-0.25, -0.2) is 0 Å². The number of phenolic OH excluding ortho intramolecular Hbond substituents is 1. The van der Waals surface area contributed by atoms with E-state index in [4.69, 9.17) is 4.74 Å². The molecule has 0 unspecified atom stereocenters. The quantitative estimate of drug-likeness (QED) is 0.730. The second-order valence-electron chi connectivity index (χ2n) is 2.76. The summed E-state index contributed by atoms with van der Waals surface area (Å²) >= 11 is 0. The Morgan fingerprint density at radius 3 is 2.58 bits per heavy atom. The van der Waals surface area contributed by atoms with E-state index in [2.05, 4.69) is 6.92 Å². The highest BCUT2D eigenvalue weighted by molar-refractivity contribution is 5.49. The topological polar surface area (TPSA) is 29.5 Å². The summed E-state index contributed by atoms with van der Waals surface area (Å²) in [5.74, 6) is 0.807. The lowest BCUT2D eigenvalue weighted by Crippen LogP contribution is -1.92. The molecule has 0 aromatic heterocycles. The standard InChI is InChI=1S/C10H14O2/c1-4-8-5-6-9(11)10(12-3)7(8)2/h5-6,11H,4H2,1-3H3. The maximum absolute atomic E-state index is 9.39. The molecule has 2 nitrogen and oxygen atoms in total. The molecule has 66 valence electrons. The Labute approximate surface area is 72.8 Å². The van der Waals surface area contributed by atoms with E-state index < -0.39 is 0 Å². The van der Waals surface area contributed by atoms with Crippen molar-refractivity contribution < 1.29 is 9.84 Å². The summed E-state index contributed by atoms with van der Waals surface area (Å²) in [7, 11) is 1.57. The monoisotopic (exact) mass is 166 g/mol. The van der Waals surface area contributed by atoms with Gasteiger partial charge < -0.3 is 9.84 Å². The van der Waals surface area contributed by atoms with Crippen LogP contribution in [0.3, 0.4) is 0 Å². The van der Waals surface area contributed by atoms with E-state index in [9.17, 15) is 5.11 Å². The van der Waals surface area contributed by atoms with Gasteiger partial charge in [-0.1, -0.05) is 13.0 Å². The van der Waals surface area contributed by atoms with Crippen LogP contribution in [0.5, 0.6) is 11.5 Å². The average molecular weight is 166 g/mol. The number of phenols is 1. The van der Waals surface area contributed by atoms with Crippen LogP contribution >= 0.6 is 0 Å². The molecular weight excluding hydrogens is 152 g/mol. The summed E-state index contributed by atoms with van der Waals surface area (Å²) in [6.07, 6.45) is 0.961. The van der Waals surface area contributed by atoms with E-state index in [-0.39, 0.29) is 5.75 Å². The van der Waals surface area contributed by atoms with Crippen molar-refractivity contribution in [3.05, 3.63) is 23.3 Å². The fourth-order valence-electron chi connectivity index (χ4n) is 1.36. The number of rotatable bonds is 2. The Morgan fingerprint density at radius 2 is 2.08 bits per heavy atom. The zero-order chi connectivity index (χ0) is 9.14. The fourth-order valence-corrected chi connectivity index (χ4v) is 1.36. The van der Waals surface area contributed by atoms with Gasteiger partial charge >= 0.3 is 0 Å². The van der Waals surface area contributed by atoms with Gasteiger partial charge in [-0.2, -0.15) is 0 Å². The molecule has 1 aromatic rings. The first-order chi connectivity index (χ1) is 5.70. The molecule has 1 rings (SSSR count). The first kappa shape index (κ1) is 8.91. The summed E-state index contributed by atoms with van der Waals surface area (Å²) in [6, 6.07) is 3.60. The van der Waals surface area contributed by atoms with E-state index >= 15 is 0 Å². The molecule has 0 atom stereocenters. The Morgan fingerprint density at radius 1 is 1.42 bits per heavy atom. The number of benzene rings is 1. The van der Waals surface area contributed by atoms with Crippen LogP contribution in [-0.2, 0) is 6.42 Å². The van der Waals surface area contributed by atoms with Crippen LogP contribution in [0.25, 0.3) is 0 Å². The van der Waals surface area contributed by atoms with E-state index in [1.165, 1.54) is 5.56 Å². The van der Waals surface area contributed by atoms with Gasteiger partial charge in [0, 0.05) is 0 Å². The summed E-state index contributed by atoms with van der Waals surface area (Å²) in [5.41, 5.74) is 2.24. The minimum absolute atomic E-state index is 0.215. The van der Waals surface area contributed by atoms with Gasteiger partial charge in [0.1, 0.15) is 0 Å². The highest BCUT2D eigenvalue weighted by Gasteiger charge is 2.07. The number of hydrogen-bond donors (Lipinski definition) is 1. The third kappa shape index (κ3) is 1.37. The number of methoxy groups -OCH3 is 1. The maximum atomic E-state index is 9.39. The van der Waals surface area contributed by atoms with E-state index in [1.807, 2.05) is 13.0 Å². The van der Waals surface area contributed by atoms with E-state index in [0.29, 0.717) is 5.75 Å². The first-order valence-corrected chi connectivity index (χ1v) is 4.06. The van der Waals surface area contributed by atoms with E-state index in [0.717, 1.165) is 12.0 Å². The number of aryl methyl sites for hydroxylation is 1. The molecule has 1 aromatic carbocycles. The van der Waals surface area contributed by atoms with Crippen molar-refractivity contribution >= 4 is 0 Å². The minimum atomic E-state index is 0.215. The molecular formula is C10H14O2. The third-order valence-corrected chi connectivity index (χ3v) is 2.08. The highest BCUT2D eigenvalue weighted by Crippen LogP contribution is 2.31. The molecule has 1 N–H and O–H groups in total. The predicted octanol–water partition coefficient (Wildman–Crippen LogP) is 2.27. The molecule has 0 fully saturated rings. The lowest BCUT2D eigenvalue weighted by atomic mass is 10.1. The highest BCUT2D eigenvalue weighted by atomic mass is 16.5. The van der Waals surface area contributed by atoms with E-state index in [1.54, 1.807) is 13.2 Å². The molecule has 0 radical (unpaired) electrons. The molecule has 0 bridgehead atoms. The van der Waals surface area contributed by atoms with Crippen LogP contribution in [0, 0.1) is 6.92 Å². The normalized spacial score (nSPS) is 9.92. The van der Waals surface area contributed by atoms with Crippen molar-refractivity contribution in [3.63, 3.8) is 0 Å². The number of aromatic hydroxyl groups is 1. The Kier molecular flexibility index (Phi) is 2.58. The van der Waals surface area contributed by atoms with Crippen LogP contribution < -0.4 is 4.74 Å². The molecule has 0 heterocycles. The van der Waals surface area contributed by atoms with Gasteiger partial charge in [-0.15, -0.1) is 0 Å². The molecule has 0 aliphatic rings. The fraction of sp³-hybridized carbons (Fsp3) is 0.400. The molecule has 0 aliphatic carbocycles.